The summed E-state index contributed by atoms with van der Waals surface area (Å²) < 4.78 is 11.8. The maximum absolute atomic E-state index is 12.4. The summed E-state index contributed by atoms with van der Waals surface area (Å²) in [7, 11) is 2.07. The van der Waals surface area contributed by atoms with Gasteiger partial charge in [0, 0.05) is 18.5 Å². The van der Waals surface area contributed by atoms with E-state index in [2.05, 4.69) is 17.3 Å². The number of benzene rings is 1. The summed E-state index contributed by atoms with van der Waals surface area (Å²) in [5.41, 5.74) is 0.554. The number of ether oxygens (including phenoxy) is 2. The van der Waals surface area contributed by atoms with Crippen molar-refractivity contribution in [3.05, 3.63) is 35.4 Å². The number of nitrogens with one attached hydrogen (secondary N) is 1. The molecule has 2 aliphatic carbocycles. The van der Waals surface area contributed by atoms with Crippen LogP contribution >= 0.6 is 0 Å². The average molecular weight is 400 g/mol. The number of rotatable bonds is 3. The van der Waals surface area contributed by atoms with E-state index in [1.54, 1.807) is 6.07 Å². The maximum atomic E-state index is 12.4. The molecule has 1 amide bonds. The van der Waals surface area contributed by atoms with Gasteiger partial charge in [-0.3, -0.25) is 0 Å². The molecule has 2 heterocycles. The number of aliphatic hydroxyl groups excluding tert-OH is 1. The van der Waals surface area contributed by atoms with Crippen molar-refractivity contribution in [3.8, 4) is 11.5 Å². The molecule has 2 aliphatic heterocycles. The van der Waals surface area contributed by atoms with Crippen molar-refractivity contribution >= 4 is 12.1 Å². The van der Waals surface area contributed by atoms with E-state index in [0.717, 1.165) is 30.6 Å². The topological polar surface area (TPSA) is 108 Å². The minimum atomic E-state index is -1.21. The van der Waals surface area contributed by atoms with E-state index >= 15 is 0 Å². The zero-order chi connectivity index (χ0) is 20.4. The molecule has 0 unspecified atom stereocenters. The second kappa shape index (κ2) is 6.21. The second-order valence-corrected chi connectivity index (χ2v) is 8.63. The highest BCUT2D eigenvalue weighted by molar-refractivity contribution is 5.88. The molecule has 1 aromatic carbocycles. The van der Waals surface area contributed by atoms with Gasteiger partial charge < -0.3 is 29.9 Å². The predicted octanol–water partition coefficient (Wildman–Crippen LogP) is 1.55. The number of amides is 1. The van der Waals surface area contributed by atoms with Crippen LogP contribution in [0.15, 0.2) is 24.3 Å². The van der Waals surface area contributed by atoms with E-state index in [0.29, 0.717) is 25.0 Å². The smallest absolute Gasteiger partial charge is 0.413 e. The molecule has 4 aliphatic rings. The molecule has 154 valence electrons. The Bertz CT molecular complexity index is 924. The van der Waals surface area contributed by atoms with Crippen LogP contribution in [0.2, 0.25) is 0 Å². The van der Waals surface area contributed by atoms with Gasteiger partial charge in [-0.2, -0.15) is 0 Å². The first-order valence-electron chi connectivity index (χ1n) is 9.95. The SMILES string of the molecule is CN1CC[C@@]23C=C[C@H](O)C[C@@H]2Oc2c(OC(=O)NC4(C(=O)O)CC4)ccc(c23)C1. The van der Waals surface area contributed by atoms with Gasteiger partial charge in [-0.25, -0.2) is 9.59 Å². The Morgan fingerprint density at radius 1 is 1.31 bits per heavy atom. The fourth-order valence-electron chi connectivity index (χ4n) is 4.84. The Hall–Kier alpha value is -2.58. The Labute approximate surface area is 168 Å². The molecule has 1 saturated carbocycles. The van der Waals surface area contributed by atoms with Gasteiger partial charge in [0.15, 0.2) is 11.5 Å². The lowest BCUT2D eigenvalue weighted by atomic mass is 9.69. The van der Waals surface area contributed by atoms with Gasteiger partial charge in [0.25, 0.3) is 0 Å². The highest BCUT2D eigenvalue weighted by Gasteiger charge is 2.54. The van der Waals surface area contributed by atoms with Gasteiger partial charge >= 0.3 is 12.1 Å². The number of hydrogen-bond donors (Lipinski definition) is 3. The van der Waals surface area contributed by atoms with Gasteiger partial charge in [-0.05, 0) is 44.5 Å². The minimum Gasteiger partial charge on any atom is -0.485 e. The van der Waals surface area contributed by atoms with Crippen molar-refractivity contribution in [2.45, 2.75) is 55.4 Å². The van der Waals surface area contributed by atoms with Crippen molar-refractivity contribution in [1.29, 1.82) is 0 Å². The van der Waals surface area contributed by atoms with E-state index < -0.39 is 23.7 Å². The highest BCUT2D eigenvalue weighted by atomic mass is 16.6. The predicted molar refractivity (Wildman–Crippen MR) is 102 cm³/mol. The average Bonchev–Trinajstić information content (AvgIpc) is 3.39. The van der Waals surface area contributed by atoms with Crippen LogP contribution in [-0.2, 0) is 16.8 Å². The molecule has 0 bridgehead atoms. The minimum absolute atomic E-state index is 0.232. The third-order valence-electron chi connectivity index (χ3n) is 6.63. The van der Waals surface area contributed by atoms with Gasteiger partial charge in [-0.15, -0.1) is 0 Å². The Kier molecular flexibility index (Phi) is 3.95. The zero-order valence-corrected chi connectivity index (χ0v) is 16.2. The summed E-state index contributed by atoms with van der Waals surface area (Å²) in [6, 6.07) is 3.65. The third-order valence-corrected chi connectivity index (χ3v) is 6.63. The molecule has 1 aromatic rings. The number of nitrogens with zero attached hydrogens (tertiary/aromatic N) is 1. The maximum Gasteiger partial charge on any atom is 0.413 e. The molecule has 8 nitrogen and oxygen atoms in total. The van der Waals surface area contributed by atoms with Gasteiger partial charge in [-0.1, -0.05) is 18.2 Å². The second-order valence-electron chi connectivity index (χ2n) is 8.63. The molecule has 1 spiro atoms. The largest absolute Gasteiger partial charge is 0.485 e. The standard InChI is InChI=1S/C21H24N2O6/c1-23-9-8-20-5-4-13(24)10-15(20)29-17-14(3-2-12(11-23)16(17)20)28-19(27)22-21(6-7-21)18(25)26/h2-5,13,15,24H,6-11H2,1H3,(H,22,27)(H,25,26)/t13-,15-,20-/m0/s1. The summed E-state index contributed by atoms with van der Waals surface area (Å²) in [5.74, 6) is -0.246. The fraction of sp³-hybridized carbons (Fsp3) is 0.524. The number of aliphatic carboxylic acids is 1. The number of hydrogen-bond acceptors (Lipinski definition) is 6. The molecule has 0 saturated heterocycles. The first-order valence-corrected chi connectivity index (χ1v) is 9.95. The first kappa shape index (κ1) is 18.4. The normalized spacial score (nSPS) is 31.1. The van der Waals surface area contributed by atoms with Crippen LogP contribution in [0.25, 0.3) is 0 Å². The summed E-state index contributed by atoms with van der Waals surface area (Å²) in [4.78, 5) is 26.0. The molecule has 1 fully saturated rings. The van der Waals surface area contributed by atoms with Crippen LogP contribution in [0.4, 0.5) is 4.79 Å². The van der Waals surface area contributed by atoms with Crippen LogP contribution in [0.3, 0.4) is 0 Å². The number of carbonyl (C=O) groups is 2. The summed E-state index contributed by atoms with van der Waals surface area (Å²) in [5, 5.41) is 21.9. The number of carboxylic acids is 1. The van der Waals surface area contributed by atoms with Gasteiger partial charge in [0.05, 0.1) is 11.5 Å². The van der Waals surface area contributed by atoms with Crippen molar-refractivity contribution in [1.82, 2.24) is 10.2 Å². The van der Waals surface area contributed by atoms with Crippen molar-refractivity contribution in [2.24, 2.45) is 0 Å². The fourth-order valence-corrected chi connectivity index (χ4v) is 4.84. The first-order chi connectivity index (χ1) is 13.8. The number of aliphatic hydroxyl groups is 1. The lowest BCUT2D eigenvalue weighted by molar-refractivity contribution is -0.140. The molecular weight excluding hydrogens is 376 g/mol. The lowest BCUT2D eigenvalue weighted by Gasteiger charge is -2.35. The van der Waals surface area contributed by atoms with E-state index in [9.17, 15) is 19.8 Å². The monoisotopic (exact) mass is 400 g/mol. The third kappa shape index (κ3) is 2.81. The van der Waals surface area contributed by atoms with Crippen molar-refractivity contribution in [2.75, 3.05) is 13.6 Å². The van der Waals surface area contributed by atoms with E-state index in [1.165, 1.54) is 0 Å². The molecule has 8 heteroatoms. The molecule has 0 radical (unpaired) electrons. The molecule has 0 aromatic heterocycles. The van der Waals surface area contributed by atoms with E-state index in [-0.39, 0.29) is 17.3 Å². The van der Waals surface area contributed by atoms with Crippen LogP contribution in [0.5, 0.6) is 11.5 Å². The lowest BCUT2D eigenvalue weighted by Crippen LogP contribution is -2.44. The Morgan fingerprint density at radius 2 is 2.10 bits per heavy atom. The molecule has 5 rings (SSSR count). The quantitative estimate of drug-likeness (QED) is 0.661. The van der Waals surface area contributed by atoms with Gasteiger partial charge in [0.2, 0.25) is 0 Å². The van der Waals surface area contributed by atoms with Crippen LogP contribution in [0, 0.1) is 0 Å². The summed E-state index contributed by atoms with van der Waals surface area (Å²) in [6.45, 7) is 1.64. The van der Waals surface area contributed by atoms with E-state index in [4.69, 9.17) is 9.47 Å². The highest BCUT2D eigenvalue weighted by Crippen LogP contribution is 2.55. The molecular formula is C21H24N2O6. The summed E-state index contributed by atoms with van der Waals surface area (Å²) in [6.07, 6.45) is 4.39. The number of carbonyl (C=O) groups excluding carboxylic acids is 1. The van der Waals surface area contributed by atoms with Crippen LogP contribution in [-0.4, -0.2) is 58.5 Å². The number of carboxylic acid groups (broad SMARTS) is 1. The van der Waals surface area contributed by atoms with E-state index in [1.807, 2.05) is 18.2 Å². The Balaban J connectivity index is 1.51. The van der Waals surface area contributed by atoms with Crippen LogP contribution < -0.4 is 14.8 Å². The molecule has 3 N–H and O–H groups in total. The summed E-state index contributed by atoms with van der Waals surface area (Å²) >= 11 is 0. The molecule has 3 atom stereocenters. The van der Waals surface area contributed by atoms with Gasteiger partial charge in [0.1, 0.15) is 11.6 Å². The zero-order valence-electron chi connectivity index (χ0n) is 16.2. The Morgan fingerprint density at radius 3 is 2.83 bits per heavy atom. The molecule has 29 heavy (non-hydrogen) atoms. The van der Waals surface area contributed by atoms with Crippen molar-refractivity contribution < 1.29 is 29.3 Å². The van der Waals surface area contributed by atoms with Crippen LogP contribution in [0.1, 0.15) is 36.8 Å². The van der Waals surface area contributed by atoms with Crippen molar-refractivity contribution in [3.63, 3.8) is 0 Å².